The Kier molecular flexibility index (Phi) is 5.53. The van der Waals surface area contributed by atoms with Crippen LogP contribution in [0.25, 0.3) is 0 Å². The number of benzene rings is 3. The molecule has 7 nitrogen and oxygen atoms in total. The van der Waals surface area contributed by atoms with Gasteiger partial charge in [0.05, 0.1) is 29.3 Å². The first-order chi connectivity index (χ1) is 16.4. The first-order valence-electron chi connectivity index (χ1n) is 10.9. The van der Waals surface area contributed by atoms with Gasteiger partial charge in [-0.1, -0.05) is 30.4 Å². The molecule has 34 heavy (non-hydrogen) atoms. The molecule has 3 aromatic rings. The number of allylic oxidation sites excluding steroid dienone is 2. The number of carboxylic acid groups (broad SMARTS) is 1. The van der Waals surface area contributed by atoms with E-state index in [0.29, 0.717) is 11.4 Å². The molecule has 8 heteroatoms. The SMILES string of the molecule is COc1cccc(NS(=O)(=O)c2ccc3c(c2)[C@@H]2C=CC[C@H]2[C@@H](c2ccc(C(=O)O)cc2)N3)c1. The van der Waals surface area contributed by atoms with Crippen LogP contribution in [0.3, 0.4) is 0 Å². The topological polar surface area (TPSA) is 105 Å². The number of aromatic carboxylic acids is 1. The molecule has 1 heterocycles. The van der Waals surface area contributed by atoms with Crippen molar-refractivity contribution in [2.45, 2.75) is 23.3 Å². The lowest BCUT2D eigenvalue weighted by molar-refractivity contribution is 0.0697. The zero-order valence-corrected chi connectivity index (χ0v) is 19.2. The molecule has 0 fully saturated rings. The van der Waals surface area contributed by atoms with Gasteiger partial charge in [0, 0.05) is 17.7 Å². The molecule has 0 aromatic heterocycles. The highest BCUT2D eigenvalue weighted by Gasteiger charge is 2.38. The number of rotatable bonds is 6. The van der Waals surface area contributed by atoms with Crippen molar-refractivity contribution >= 4 is 27.4 Å². The molecule has 0 radical (unpaired) electrons. The average molecular weight is 477 g/mol. The van der Waals surface area contributed by atoms with Crippen LogP contribution in [-0.4, -0.2) is 26.6 Å². The molecule has 0 saturated carbocycles. The van der Waals surface area contributed by atoms with Gasteiger partial charge in [-0.05, 0) is 65.9 Å². The summed E-state index contributed by atoms with van der Waals surface area (Å²) in [5, 5.41) is 12.7. The lowest BCUT2D eigenvalue weighted by Crippen LogP contribution is -2.29. The monoisotopic (exact) mass is 476 g/mol. The summed E-state index contributed by atoms with van der Waals surface area (Å²) in [6, 6.07) is 18.8. The maximum Gasteiger partial charge on any atom is 0.335 e. The highest BCUT2D eigenvalue weighted by Crippen LogP contribution is 2.50. The Morgan fingerprint density at radius 3 is 2.62 bits per heavy atom. The molecule has 0 amide bonds. The average Bonchev–Trinajstić information content (AvgIpc) is 3.33. The summed E-state index contributed by atoms with van der Waals surface area (Å²) < 4.78 is 34.0. The van der Waals surface area contributed by atoms with Crippen LogP contribution in [0.1, 0.15) is 39.9 Å². The molecule has 174 valence electrons. The van der Waals surface area contributed by atoms with Crippen molar-refractivity contribution in [3.63, 3.8) is 0 Å². The van der Waals surface area contributed by atoms with E-state index in [9.17, 15) is 18.3 Å². The molecule has 1 aliphatic carbocycles. The molecule has 3 N–H and O–H groups in total. The van der Waals surface area contributed by atoms with Gasteiger partial charge in [0.25, 0.3) is 10.0 Å². The lowest BCUT2D eigenvalue weighted by atomic mass is 9.77. The second-order valence-electron chi connectivity index (χ2n) is 8.49. The molecule has 3 aromatic carbocycles. The van der Waals surface area contributed by atoms with Gasteiger partial charge >= 0.3 is 5.97 Å². The Balaban J connectivity index is 1.45. The zero-order chi connectivity index (χ0) is 23.9. The Labute approximate surface area is 198 Å². The fraction of sp³-hybridized carbons (Fsp3) is 0.192. The van der Waals surface area contributed by atoms with Crippen molar-refractivity contribution in [3.8, 4) is 5.75 Å². The van der Waals surface area contributed by atoms with Gasteiger partial charge in [0.1, 0.15) is 5.75 Å². The van der Waals surface area contributed by atoms with Crippen molar-refractivity contribution in [2.24, 2.45) is 5.92 Å². The van der Waals surface area contributed by atoms with Crippen LogP contribution in [0.15, 0.2) is 83.8 Å². The Hall–Kier alpha value is -3.78. The maximum atomic E-state index is 13.1. The number of nitrogens with one attached hydrogen (secondary N) is 2. The third-order valence-corrected chi connectivity index (χ3v) is 7.86. The largest absolute Gasteiger partial charge is 0.497 e. The minimum absolute atomic E-state index is 0.00675. The normalized spacial score (nSPS) is 20.7. The highest BCUT2D eigenvalue weighted by atomic mass is 32.2. The van der Waals surface area contributed by atoms with E-state index >= 15 is 0 Å². The summed E-state index contributed by atoms with van der Waals surface area (Å²) in [6.45, 7) is 0. The van der Waals surface area contributed by atoms with Crippen LogP contribution < -0.4 is 14.8 Å². The van der Waals surface area contributed by atoms with Crippen LogP contribution in [0.4, 0.5) is 11.4 Å². The number of sulfonamides is 1. The van der Waals surface area contributed by atoms with Crippen LogP contribution >= 0.6 is 0 Å². The fourth-order valence-corrected chi connectivity index (χ4v) is 5.89. The van der Waals surface area contributed by atoms with Gasteiger partial charge in [-0.25, -0.2) is 13.2 Å². The summed E-state index contributed by atoms with van der Waals surface area (Å²) in [5.41, 5.74) is 3.50. The molecule has 3 atom stereocenters. The molecule has 0 unspecified atom stereocenters. The van der Waals surface area contributed by atoms with Crippen LogP contribution in [0.5, 0.6) is 5.75 Å². The van der Waals surface area contributed by atoms with Gasteiger partial charge in [0.15, 0.2) is 0 Å². The van der Waals surface area contributed by atoms with Crippen molar-refractivity contribution in [2.75, 3.05) is 17.1 Å². The van der Waals surface area contributed by atoms with Crippen molar-refractivity contribution in [1.29, 1.82) is 0 Å². The molecule has 1 aliphatic heterocycles. The number of methoxy groups -OCH3 is 1. The van der Waals surface area contributed by atoms with Crippen LogP contribution in [0.2, 0.25) is 0 Å². The van der Waals surface area contributed by atoms with Gasteiger partial charge in [-0.3, -0.25) is 4.72 Å². The van der Waals surface area contributed by atoms with Crippen molar-refractivity contribution in [1.82, 2.24) is 0 Å². The first kappa shape index (κ1) is 22.0. The van der Waals surface area contributed by atoms with E-state index in [1.54, 1.807) is 54.6 Å². The highest BCUT2D eigenvalue weighted by molar-refractivity contribution is 7.92. The number of carboxylic acids is 1. The summed E-state index contributed by atoms with van der Waals surface area (Å²) >= 11 is 0. The van der Waals surface area contributed by atoms with Gasteiger partial charge < -0.3 is 15.2 Å². The number of ether oxygens (including phenoxy) is 1. The number of hydrogen-bond acceptors (Lipinski definition) is 5. The number of carbonyl (C=O) groups is 1. The van der Waals surface area contributed by atoms with Crippen molar-refractivity contribution < 1.29 is 23.1 Å². The van der Waals surface area contributed by atoms with E-state index < -0.39 is 16.0 Å². The fourth-order valence-electron chi connectivity index (χ4n) is 4.80. The first-order valence-corrected chi connectivity index (χ1v) is 12.4. The van der Waals surface area contributed by atoms with E-state index in [0.717, 1.165) is 23.2 Å². The molecular weight excluding hydrogens is 452 g/mol. The predicted octanol–water partition coefficient (Wildman–Crippen LogP) is 5.02. The van der Waals surface area contributed by atoms with E-state index in [1.807, 2.05) is 12.1 Å². The zero-order valence-electron chi connectivity index (χ0n) is 18.4. The van der Waals surface area contributed by atoms with E-state index in [4.69, 9.17) is 4.74 Å². The van der Waals surface area contributed by atoms with Crippen LogP contribution in [-0.2, 0) is 10.0 Å². The second-order valence-corrected chi connectivity index (χ2v) is 10.2. The molecule has 2 aliphatic rings. The van der Waals surface area contributed by atoms with E-state index in [2.05, 4.69) is 22.2 Å². The summed E-state index contributed by atoms with van der Waals surface area (Å²) in [5.74, 6) is -0.124. The summed E-state index contributed by atoms with van der Waals surface area (Å²) in [4.78, 5) is 11.4. The minimum atomic E-state index is -3.79. The smallest absolute Gasteiger partial charge is 0.335 e. The third kappa shape index (κ3) is 4.01. The quantitative estimate of drug-likeness (QED) is 0.432. The van der Waals surface area contributed by atoms with Gasteiger partial charge in [-0.2, -0.15) is 0 Å². The van der Waals surface area contributed by atoms with Crippen molar-refractivity contribution in [3.05, 3.63) is 95.6 Å². The van der Waals surface area contributed by atoms with Crippen LogP contribution in [0, 0.1) is 5.92 Å². The molecule has 0 spiro atoms. The third-order valence-electron chi connectivity index (χ3n) is 6.48. The van der Waals surface area contributed by atoms with Gasteiger partial charge in [0.2, 0.25) is 0 Å². The Bertz CT molecular complexity index is 1380. The maximum absolute atomic E-state index is 13.1. The standard InChI is InChI=1S/C26H24N2O5S/c1-33-19-5-2-4-18(14-19)28-34(31,32)20-12-13-24-23(15-20)21-6-3-7-22(21)25(27-24)16-8-10-17(11-9-16)26(29)30/h2-6,8-15,21-22,25,27-28H,7H2,1H3,(H,29,30)/t21-,22-,25-/m1/s1. The minimum Gasteiger partial charge on any atom is -0.497 e. The number of anilines is 2. The summed E-state index contributed by atoms with van der Waals surface area (Å²) in [6.07, 6.45) is 5.11. The lowest BCUT2D eigenvalue weighted by Gasteiger charge is -2.37. The number of hydrogen-bond donors (Lipinski definition) is 3. The van der Waals surface area contributed by atoms with E-state index in [1.165, 1.54) is 7.11 Å². The van der Waals surface area contributed by atoms with Gasteiger partial charge in [-0.15, -0.1) is 0 Å². The predicted molar refractivity (Wildman–Crippen MR) is 130 cm³/mol. The molecule has 0 saturated heterocycles. The Morgan fingerprint density at radius 1 is 1.09 bits per heavy atom. The van der Waals surface area contributed by atoms with E-state index in [-0.39, 0.29) is 28.3 Å². The summed E-state index contributed by atoms with van der Waals surface area (Å²) in [7, 11) is -2.26. The number of fused-ring (bicyclic) bond motifs is 3. The molecule has 0 bridgehead atoms. The molecular formula is C26H24N2O5S. The second kappa shape index (κ2) is 8.53. The Morgan fingerprint density at radius 2 is 1.88 bits per heavy atom. The molecule has 5 rings (SSSR count).